The Morgan fingerprint density at radius 1 is 1.47 bits per heavy atom. The molecule has 0 radical (unpaired) electrons. The highest BCUT2D eigenvalue weighted by atomic mass is 16.2. The van der Waals surface area contributed by atoms with Crippen LogP contribution in [0, 0.1) is 0 Å². The number of carbonyl (C=O) groups is 2. The van der Waals surface area contributed by atoms with Gasteiger partial charge >= 0.3 is 0 Å². The molecule has 1 aliphatic rings. The van der Waals surface area contributed by atoms with Crippen molar-refractivity contribution in [2.75, 3.05) is 17.2 Å². The molecule has 0 saturated heterocycles. The molecule has 1 aromatic rings. The van der Waals surface area contributed by atoms with E-state index in [4.69, 9.17) is 5.73 Å². The van der Waals surface area contributed by atoms with Gasteiger partial charge in [-0.05, 0) is 37.6 Å². The second-order valence-corrected chi connectivity index (χ2v) is 4.59. The van der Waals surface area contributed by atoms with Crippen LogP contribution >= 0.6 is 0 Å². The first-order chi connectivity index (χ1) is 7.95. The van der Waals surface area contributed by atoms with Crippen LogP contribution in [0.2, 0.25) is 0 Å². The molecule has 0 aromatic heterocycles. The van der Waals surface area contributed by atoms with Gasteiger partial charge in [0.05, 0.1) is 12.0 Å². The molecule has 5 heteroatoms. The van der Waals surface area contributed by atoms with Gasteiger partial charge in [-0.3, -0.25) is 9.59 Å². The van der Waals surface area contributed by atoms with E-state index in [9.17, 15) is 9.59 Å². The van der Waals surface area contributed by atoms with E-state index in [1.807, 2.05) is 13.8 Å². The van der Waals surface area contributed by atoms with Crippen LogP contribution in [-0.2, 0) is 15.0 Å². The third-order valence-corrected chi connectivity index (χ3v) is 2.98. The summed E-state index contributed by atoms with van der Waals surface area (Å²) in [6.45, 7) is 3.64. The zero-order chi connectivity index (χ0) is 12.6. The molecule has 4 N–H and O–H groups in total. The first kappa shape index (κ1) is 11.6. The highest BCUT2D eigenvalue weighted by Gasteiger charge is 2.38. The van der Waals surface area contributed by atoms with Crippen LogP contribution in [-0.4, -0.2) is 18.4 Å². The summed E-state index contributed by atoms with van der Waals surface area (Å²) in [6, 6.07) is 5.34. The van der Waals surface area contributed by atoms with Crippen LogP contribution in [0.5, 0.6) is 0 Å². The van der Waals surface area contributed by atoms with Crippen LogP contribution < -0.4 is 16.4 Å². The van der Waals surface area contributed by atoms with Crippen LogP contribution in [0.15, 0.2) is 18.2 Å². The number of anilines is 2. The number of nitrogens with one attached hydrogen (secondary N) is 2. The molecule has 90 valence electrons. The third kappa shape index (κ3) is 1.89. The maximum absolute atomic E-state index is 11.7. The minimum Gasteiger partial charge on any atom is -0.325 e. The van der Waals surface area contributed by atoms with Gasteiger partial charge in [0, 0.05) is 11.4 Å². The summed E-state index contributed by atoms with van der Waals surface area (Å²) < 4.78 is 0. The summed E-state index contributed by atoms with van der Waals surface area (Å²) >= 11 is 0. The summed E-state index contributed by atoms with van der Waals surface area (Å²) in [4.78, 5) is 22.9. The van der Waals surface area contributed by atoms with E-state index in [1.54, 1.807) is 18.2 Å². The second kappa shape index (κ2) is 3.85. The van der Waals surface area contributed by atoms with Crippen molar-refractivity contribution in [3.05, 3.63) is 23.8 Å². The summed E-state index contributed by atoms with van der Waals surface area (Å²) in [5, 5.41) is 5.48. The number of hydrogen-bond acceptors (Lipinski definition) is 3. The smallest absolute Gasteiger partial charge is 0.238 e. The largest absolute Gasteiger partial charge is 0.325 e. The third-order valence-electron chi connectivity index (χ3n) is 2.98. The van der Waals surface area contributed by atoms with E-state index in [0.717, 1.165) is 11.3 Å². The van der Waals surface area contributed by atoms with Gasteiger partial charge in [0.25, 0.3) is 0 Å². The minimum atomic E-state index is -0.571. The standard InChI is InChI=1S/C12H15N3O2/c1-12(2)8-5-7(14-10(16)6-13)3-4-9(8)15-11(12)17/h3-5H,6,13H2,1-2H3,(H,14,16)(H,15,17). The summed E-state index contributed by atoms with van der Waals surface area (Å²) in [5.41, 5.74) is 7.00. The number of carbonyl (C=O) groups excluding carboxylic acids is 2. The van der Waals surface area contributed by atoms with Gasteiger partial charge in [-0.15, -0.1) is 0 Å². The zero-order valence-electron chi connectivity index (χ0n) is 9.83. The Labute approximate surface area is 99.4 Å². The van der Waals surface area contributed by atoms with Crippen molar-refractivity contribution < 1.29 is 9.59 Å². The van der Waals surface area contributed by atoms with E-state index in [-0.39, 0.29) is 18.4 Å². The highest BCUT2D eigenvalue weighted by molar-refractivity contribution is 6.06. The Kier molecular flexibility index (Phi) is 2.63. The van der Waals surface area contributed by atoms with Crippen LogP contribution in [0.1, 0.15) is 19.4 Å². The molecule has 17 heavy (non-hydrogen) atoms. The lowest BCUT2D eigenvalue weighted by Gasteiger charge is -2.15. The number of hydrogen-bond donors (Lipinski definition) is 3. The molecule has 1 aliphatic heterocycles. The SMILES string of the molecule is CC1(C)C(=O)Nc2ccc(NC(=O)CN)cc21. The van der Waals surface area contributed by atoms with Crippen LogP contribution in [0.25, 0.3) is 0 Å². The normalized spacial score (nSPS) is 16.3. The van der Waals surface area contributed by atoms with E-state index < -0.39 is 5.41 Å². The van der Waals surface area contributed by atoms with Crippen molar-refractivity contribution in [1.82, 2.24) is 0 Å². The topological polar surface area (TPSA) is 84.2 Å². The van der Waals surface area contributed by atoms with Crippen molar-refractivity contribution in [1.29, 1.82) is 0 Å². The monoisotopic (exact) mass is 233 g/mol. The van der Waals surface area contributed by atoms with E-state index in [1.165, 1.54) is 0 Å². The molecule has 1 heterocycles. The predicted molar refractivity (Wildman–Crippen MR) is 65.8 cm³/mol. The van der Waals surface area contributed by atoms with Crippen molar-refractivity contribution in [2.24, 2.45) is 5.73 Å². The number of nitrogens with two attached hydrogens (primary N) is 1. The van der Waals surface area contributed by atoms with Gasteiger partial charge in [0.15, 0.2) is 0 Å². The van der Waals surface area contributed by atoms with Crippen molar-refractivity contribution in [3.8, 4) is 0 Å². The molecular formula is C12H15N3O2. The van der Waals surface area contributed by atoms with Crippen molar-refractivity contribution >= 4 is 23.2 Å². The molecule has 1 aromatic carbocycles. The first-order valence-electron chi connectivity index (χ1n) is 5.41. The summed E-state index contributed by atoms with van der Waals surface area (Å²) in [7, 11) is 0. The Hall–Kier alpha value is -1.88. The Morgan fingerprint density at radius 2 is 2.18 bits per heavy atom. The maximum atomic E-state index is 11.7. The molecular weight excluding hydrogens is 218 g/mol. The van der Waals surface area contributed by atoms with Gasteiger partial charge in [-0.25, -0.2) is 0 Å². The fourth-order valence-electron chi connectivity index (χ4n) is 1.86. The Bertz CT molecular complexity index is 495. The van der Waals surface area contributed by atoms with E-state index in [0.29, 0.717) is 5.69 Å². The molecule has 5 nitrogen and oxygen atoms in total. The quantitative estimate of drug-likeness (QED) is 0.706. The molecule has 2 amide bonds. The molecule has 0 spiro atoms. The summed E-state index contributed by atoms with van der Waals surface area (Å²) in [5.74, 6) is -0.283. The van der Waals surface area contributed by atoms with Gasteiger partial charge in [-0.1, -0.05) is 0 Å². The highest BCUT2D eigenvalue weighted by Crippen LogP contribution is 2.38. The number of benzene rings is 1. The van der Waals surface area contributed by atoms with Gasteiger partial charge < -0.3 is 16.4 Å². The lowest BCUT2D eigenvalue weighted by Crippen LogP contribution is -2.27. The second-order valence-electron chi connectivity index (χ2n) is 4.59. The molecule has 0 saturated carbocycles. The summed E-state index contributed by atoms with van der Waals surface area (Å²) in [6.07, 6.45) is 0. The number of rotatable bonds is 2. The first-order valence-corrected chi connectivity index (χ1v) is 5.41. The molecule has 0 aliphatic carbocycles. The van der Waals surface area contributed by atoms with Gasteiger partial charge in [-0.2, -0.15) is 0 Å². The van der Waals surface area contributed by atoms with E-state index in [2.05, 4.69) is 10.6 Å². The fraction of sp³-hybridized carbons (Fsp3) is 0.333. The molecule has 0 atom stereocenters. The van der Waals surface area contributed by atoms with Gasteiger partial charge in [0.2, 0.25) is 11.8 Å². The van der Waals surface area contributed by atoms with Crippen LogP contribution in [0.3, 0.4) is 0 Å². The van der Waals surface area contributed by atoms with Gasteiger partial charge in [0.1, 0.15) is 0 Å². The Morgan fingerprint density at radius 3 is 2.82 bits per heavy atom. The minimum absolute atomic E-state index is 0.0326. The molecule has 0 unspecified atom stereocenters. The predicted octanol–water partition coefficient (Wildman–Crippen LogP) is 0.813. The average Bonchev–Trinajstić information content (AvgIpc) is 2.51. The molecule has 0 fully saturated rings. The fourth-order valence-corrected chi connectivity index (χ4v) is 1.86. The van der Waals surface area contributed by atoms with Crippen LogP contribution in [0.4, 0.5) is 11.4 Å². The maximum Gasteiger partial charge on any atom is 0.238 e. The molecule has 0 bridgehead atoms. The Balaban J connectivity index is 2.35. The lowest BCUT2D eigenvalue weighted by atomic mass is 9.86. The van der Waals surface area contributed by atoms with Crippen molar-refractivity contribution in [3.63, 3.8) is 0 Å². The molecule has 2 rings (SSSR count). The van der Waals surface area contributed by atoms with Crippen molar-refractivity contribution in [2.45, 2.75) is 19.3 Å². The number of fused-ring (bicyclic) bond motifs is 1. The zero-order valence-corrected chi connectivity index (χ0v) is 9.83. The average molecular weight is 233 g/mol. The number of amides is 2. The lowest BCUT2D eigenvalue weighted by molar-refractivity contribution is -0.119. The van der Waals surface area contributed by atoms with E-state index >= 15 is 0 Å².